The normalized spacial score (nSPS) is 21.5. The molecule has 0 amide bonds. The molecule has 1 atom stereocenters. The van der Waals surface area contributed by atoms with Gasteiger partial charge in [-0.25, -0.2) is 9.97 Å². The number of nitrogens with one attached hydrogen (secondary N) is 2. The van der Waals surface area contributed by atoms with Gasteiger partial charge in [-0.3, -0.25) is 0 Å². The van der Waals surface area contributed by atoms with Crippen LogP contribution in [0.3, 0.4) is 0 Å². The molecule has 15 heavy (non-hydrogen) atoms. The van der Waals surface area contributed by atoms with Crippen LogP contribution in [0.5, 0.6) is 0 Å². The molecule has 0 saturated carbocycles. The van der Waals surface area contributed by atoms with Gasteiger partial charge in [-0.15, -0.1) is 0 Å². The first kappa shape index (κ1) is 10.5. The van der Waals surface area contributed by atoms with Gasteiger partial charge in [0, 0.05) is 25.3 Å². The molecule has 0 spiro atoms. The van der Waals surface area contributed by atoms with Gasteiger partial charge < -0.3 is 10.6 Å². The lowest BCUT2D eigenvalue weighted by molar-refractivity contribution is 0.382. The summed E-state index contributed by atoms with van der Waals surface area (Å²) in [5.74, 6) is 0. The van der Waals surface area contributed by atoms with Crippen molar-refractivity contribution in [1.29, 1.82) is 0 Å². The maximum Gasteiger partial charge on any atom is 0.115 e. The molecule has 4 heteroatoms. The zero-order valence-electron chi connectivity index (χ0n) is 8.95. The number of rotatable bonds is 4. The van der Waals surface area contributed by atoms with E-state index in [4.69, 9.17) is 0 Å². The molecule has 1 aliphatic rings. The molecule has 0 bridgehead atoms. The minimum absolute atomic E-state index is 0.639. The van der Waals surface area contributed by atoms with Crippen molar-refractivity contribution in [3.05, 3.63) is 24.3 Å². The maximum absolute atomic E-state index is 4.17. The Kier molecular flexibility index (Phi) is 4.05. The fourth-order valence-corrected chi connectivity index (χ4v) is 1.90. The van der Waals surface area contributed by atoms with E-state index < -0.39 is 0 Å². The fourth-order valence-electron chi connectivity index (χ4n) is 1.90. The Labute approximate surface area is 90.5 Å². The van der Waals surface area contributed by atoms with Crippen LogP contribution in [0.4, 0.5) is 0 Å². The molecule has 1 fully saturated rings. The average Bonchev–Trinajstić information content (AvgIpc) is 2.32. The van der Waals surface area contributed by atoms with Crippen LogP contribution in [0.2, 0.25) is 0 Å². The van der Waals surface area contributed by atoms with E-state index in [1.54, 1.807) is 12.5 Å². The largest absolute Gasteiger partial charge is 0.313 e. The summed E-state index contributed by atoms with van der Waals surface area (Å²) in [6, 6.07) is 2.59. The Morgan fingerprint density at radius 3 is 3.20 bits per heavy atom. The molecule has 1 saturated heterocycles. The Morgan fingerprint density at radius 1 is 1.47 bits per heavy atom. The van der Waals surface area contributed by atoms with Gasteiger partial charge in [0.15, 0.2) is 0 Å². The van der Waals surface area contributed by atoms with Gasteiger partial charge in [0.2, 0.25) is 0 Å². The van der Waals surface area contributed by atoms with Gasteiger partial charge in [0.1, 0.15) is 6.33 Å². The molecule has 1 aromatic heterocycles. The number of nitrogens with zero attached hydrogens (tertiary/aromatic N) is 2. The minimum atomic E-state index is 0.639. The lowest BCUT2D eigenvalue weighted by Gasteiger charge is -2.23. The highest BCUT2D eigenvalue weighted by molar-refractivity contribution is 4.97. The monoisotopic (exact) mass is 206 g/mol. The van der Waals surface area contributed by atoms with Crippen LogP contribution >= 0.6 is 0 Å². The van der Waals surface area contributed by atoms with E-state index in [1.807, 2.05) is 6.07 Å². The van der Waals surface area contributed by atoms with E-state index in [0.29, 0.717) is 6.04 Å². The van der Waals surface area contributed by atoms with Gasteiger partial charge in [-0.2, -0.15) is 0 Å². The first-order valence-corrected chi connectivity index (χ1v) is 5.64. The average molecular weight is 206 g/mol. The van der Waals surface area contributed by atoms with Crippen LogP contribution < -0.4 is 10.6 Å². The molecule has 1 unspecified atom stereocenters. The molecular weight excluding hydrogens is 188 g/mol. The zero-order valence-corrected chi connectivity index (χ0v) is 8.95. The Balaban J connectivity index is 1.66. The van der Waals surface area contributed by atoms with Gasteiger partial charge in [-0.1, -0.05) is 6.42 Å². The van der Waals surface area contributed by atoms with Gasteiger partial charge >= 0.3 is 0 Å². The summed E-state index contributed by atoms with van der Waals surface area (Å²) < 4.78 is 0. The van der Waals surface area contributed by atoms with Crippen LogP contribution in [0.25, 0.3) is 0 Å². The lowest BCUT2D eigenvalue weighted by Crippen LogP contribution is -2.41. The third-order valence-electron chi connectivity index (χ3n) is 2.75. The van der Waals surface area contributed by atoms with E-state index in [1.165, 1.54) is 25.8 Å². The first-order chi connectivity index (χ1) is 7.45. The van der Waals surface area contributed by atoms with Crippen LogP contribution in [0.15, 0.2) is 18.6 Å². The summed E-state index contributed by atoms with van der Waals surface area (Å²) in [5, 5.41) is 6.93. The van der Waals surface area contributed by atoms with Crippen molar-refractivity contribution in [1.82, 2.24) is 20.6 Å². The van der Waals surface area contributed by atoms with Crippen molar-refractivity contribution in [2.75, 3.05) is 13.1 Å². The summed E-state index contributed by atoms with van der Waals surface area (Å²) >= 11 is 0. The molecular formula is C11H18N4. The quantitative estimate of drug-likeness (QED) is 0.761. The van der Waals surface area contributed by atoms with Crippen LogP contribution in [0, 0.1) is 0 Å². The predicted molar refractivity (Wildman–Crippen MR) is 59.4 cm³/mol. The number of hydrogen-bond acceptors (Lipinski definition) is 4. The zero-order chi connectivity index (χ0) is 10.3. The van der Waals surface area contributed by atoms with E-state index >= 15 is 0 Å². The Morgan fingerprint density at radius 2 is 2.47 bits per heavy atom. The maximum atomic E-state index is 4.17. The summed E-state index contributed by atoms with van der Waals surface area (Å²) in [5.41, 5.74) is 1.06. The summed E-state index contributed by atoms with van der Waals surface area (Å²) in [4.78, 5) is 8.06. The van der Waals surface area contributed by atoms with Crippen LogP contribution in [-0.2, 0) is 6.54 Å². The molecule has 82 valence electrons. The summed E-state index contributed by atoms with van der Waals surface area (Å²) in [6.07, 6.45) is 7.34. The molecule has 1 aromatic rings. The summed E-state index contributed by atoms with van der Waals surface area (Å²) in [6.45, 7) is 3.03. The van der Waals surface area contributed by atoms with E-state index in [9.17, 15) is 0 Å². The van der Waals surface area contributed by atoms with Crippen LogP contribution in [-0.4, -0.2) is 29.1 Å². The molecule has 0 radical (unpaired) electrons. The highest BCUT2D eigenvalue weighted by Gasteiger charge is 2.11. The Hall–Kier alpha value is -1.00. The fraction of sp³-hybridized carbons (Fsp3) is 0.636. The summed E-state index contributed by atoms with van der Waals surface area (Å²) in [7, 11) is 0. The standard InChI is InChI=1S/C11H18N4/c1-2-5-14-10(3-1)7-13-8-11-4-6-12-9-15-11/h4,6,9-10,13-14H,1-3,5,7-8H2. The smallest absolute Gasteiger partial charge is 0.115 e. The molecule has 0 aromatic carbocycles. The molecule has 4 nitrogen and oxygen atoms in total. The van der Waals surface area contributed by atoms with Crippen molar-refractivity contribution in [2.24, 2.45) is 0 Å². The van der Waals surface area contributed by atoms with Gasteiger partial charge in [-0.05, 0) is 25.5 Å². The van der Waals surface area contributed by atoms with Gasteiger partial charge in [0.05, 0.1) is 5.69 Å². The second kappa shape index (κ2) is 5.78. The SMILES string of the molecule is c1cc(CNCC2CCCCN2)ncn1. The van der Waals surface area contributed by atoms with Crippen molar-refractivity contribution >= 4 is 0 Å². The highest BCUT2D eigenvalue weighted by atomic mass is 15.0. The topological polar surface area (TPSA) is 49.8 Å². The predicted octanol–water partition coefficient (Wildman–Crippen LogP) is 0.708. The molecule has 2 heterocycles. The minimum Gasteiger partial charge on any atom is -0.313 e. The molecule has 2 rings (SSSR count). The molecule has 0 aliphatic carbocycles. The van der Waals surface area contributed by atoms with Crippen molar-refractivity contribution in [3.63, 3.8) is 0 Å². The second-order valence-electron chi connectivity index (χ2n) is 3.98. The molecule has 1 aliphatic heterocycles. The third-order valence-corrected chi connectivity index (χ3v) is 2.75. The van der Waals surface area contributed by atoms with Crippen LogP contribution in [0.1, 0.15) is 25.0 Å². The van der Waals surface area contributed by atoms with E-state index in [2.05, 4.69) is 20.6 Å². The number of piperidine rings is 1. The number of hydrogen-bond donors (Lipinski definition) is 2. The molecule has 2 N–H and O–H groups in total. The van der Waals surface area contributed by atoms with E-state index in [-0.39, 0.29) is 0 Å². The van der Waals surface area contributed by atoms with Crippen molar-refractivity contribution < 1.29 is 0 Å². The van der Waals surface area contributed by atoms with Gasteiger partial charge in [0.25, 0.3) is 0 Å². The first-order valence-electron chi connectivity index (χ1n) is 5.64. The highest BCUT2D eigenvalue weighted by Crippen LogP contribution is 2.05. The third kappa shape index (κ3) is 3.57. The van der Waals surface area contributed by atoms with Crippen molar-refractivity contribution in [2.45, 2.75) is 31.8 Å². The van der Waals surface area contributed by atoms with E-state index in [0.717, 1.165) is 18.8 Å². The Bertz CT molecular complexity index is 269. The van der Waals surface area contributed by atoms with Crippen molar-refractivity contribution in [3.8, 4) is 0 Å². The lowest BCUT2D eigenvalue weighted by atomic mass is 10.1. The number of aromatic nitrogens is 2. The second-order valence-corrected chi connectivity index (χ2v) is 3.98.